The van der Waals surface area contributed by atoms with Crippen molar-refractivity contribution in [3.05, 3.63) is 170 Å². The number of rotatable bonds is 2. The molecule has 0 spiro atoms. The third kappa shape index (κ3) is 3.70. The summed E-state index contributed by atoms with van der Waals surface area (Å²) < 4.78 is 7.07. The molecule has 1 nitrogen and oxygen atoms in total. The minimum atomic E-state index is 0.908. The van der Waals surface area contributed by atoms with E-state index in [9.17, 15) is 0 Å². The third-order valence-electron chi connectivity index (χ3n) is 11.4. The molecule has 0 N–H and O–H groups in total. The van der Waals surface area contributed by atoms with Crippen LogP contribution in [-0.2, 0) is 0 Å². The summed E-state index contributed by atoms with van der Waals surface area (Å²) in [4.78, 5) is 0. The van der Waals surface area contributed by atoms with Gasteiger partial charge in [-0.1, -0.05) is 146 Å². The number of benzene rings is 11. The van der Waals surface area contributed by atoms with E-state index in [1.807, 2.05) is 0 Å². The summed E-state index contributed by atoms with van der Waals surface area (Å²) >= 11 is 0. The average molecular weight is 645 g/mol. The van der Waals surface area contributed by atoms with Gasteiger partial charge in [-0.2, -0.15) is 0 Å². The molecule has 0 aliphatic carbocycles. The van der Waals surface area contributed by atoms with Gasteiger partial charge in [-0.05, 0) is 116 Å². The van der Waals surface area contributed by atoms with E-state index in [0.29, 0.717) is 0 Å². The Bertz CT molecular complexity index is 3400. The normalized spacial score (nSPS) is 12.3. The summed E-state index contributed by atoms with van der Waals surface area (Å²) in [5, 5.41) is 19.9. The second kappa shape index (κ2) is 9.94. The molecule has 1 heterocycles. The molecule has 0 radical (unpaired) electrons. The van der Waals surface area contributed by atoms with Gasteiger partial charge in [-0.3, -0.25) is 0 Å². The summed E-state index contributed by atoms with van der Waals surface area (Å²) in [5.41, 5.74) is 6.54. The van der Waals surface area contributed by atoms with Crippen LogP contribution in [0.3, 0.4) is 0 Å². The van der Waals surface area contributed by atoms with Crippen LogP contribution in [0.5, 0.6) is 0 Å². The molecule has 0 amide bonds. The zero-order valence-corrected chi connectivity index (χ0v) is 27.6. The van der Waals surface area contributed by atoms with Crippen LogP contribution in [0.25, 0.3) is 120 Å². The second-order valence-electron chi connectivity index (χ2n) is 14.0. The summed E-state index contributed by atoms with van der Waals surface area (Å²) in [6.45, 7) is 0. The van der Waals surface area contributed by atoms with E-state index in [2.05, 4.69) is 170 Å². The van der Waals surface area contributed by atoms with Crippen LogP contribution in [0.15, 0.2) is 174 Å². The predicted molar refractivity (Wildman–Crippen MR) is 218 cm³/mol. The maximum absolute atomic E-state index is 7.07. The fourth-order valence-corrected chi connectivity index (χ4v) is 9.06. The molecule has 234 valence electrons. The summed E-state index contributed by atoms with van der Waals surface area (Å²) in [6, 6.07) is 62.6. The minimum absolute atomic E-state index is 0.908. The zero-order valence-electron chi connectivity index (χ0n) is 27.6. The molecule has 12 rings (SSSR count). The van der Waals surface area contributed by atoms with Gasteiger partial charge in [-0.15, -0.1) is 0 Å². The van der Waals surface area contributed by atoms with Crippen LogP contribution in [0.4, 0.5) is 0 Å². The smallest absolute Gasteiger partial charge is 0.143 e. The third-order valence-corrected chi connectivity index (χ3v) is 11.4. The van der Waals surface area contributed by atoms with Gasteiger partial charge in [0, 0.05) is 16.3 Å². The van der Waals surface area contributed by atoms with Gasteiger partial charge >= 0.3 is 0 Å². The summed E-state index contributed by atoms with van der Waals surface area (Å²) in [5.74, 6) is 0. The Morgan fingerprint density at radius 1 is 0.255 bits per heavy atom. The molecule has 0 saturated heterocycles. The topological polar surface area (TPSA) is 13.1 Å². The van der Waals surface area contributed by atoms with Crippen LogP contribution in [0.2, 0.25) is 0 Å². The maximum Gasteiger partial charge on any atom is 0.143 e. The summed E-state index contributed by atoms with van der Waals surface area (Å²) in [6.07, 6.45) is 0. The molecule has 0 saturated carbocycles. The Balaban J connectivity index is 1.24. The van der Waals surface area contributed by atoms with Crippen molar-refractivity contribution in [1.82, 2.24) is 0 Å². The number of hydrogen-bond acceptors (Lipinski definition) is 1. The molecule has 0 fully saturated rings. The first-order valence-electron chi connectivity index (χ1n) is 17.7. The monoisotopic (exact) mass is 644 g/mol. The molecule has 0 atom stereocenters. The van der Waals surface area contributed by atoms with Crippen LogP contribution in [0, 0.1) is 0 Å². The minimum Gasteiger partial charge on any atom is -0.455 e. The molecule has 51 heavy (non-hydrogen) atoms. The lowest BCUT2D eigenvalue weighted by Gasteiger charge is -2.16. The average Bonchev–Trinajstić information content (AvgIpc) is 3.56. The van der Waals surface area contributed by atoms with Crippen molar-refractivity contribution in [1.29, 1.82) is 0 Å². The van der Waals surface area contributed by atoms with E-state index in [-0.39, 0.29) is 0 Å². The van der Waals surface area contributed by atoms with Gasteiger partial charge in [0.2, 0.25) is 0 Å². The van der Waals surface area contributed by atoms with Crippen molar-refractivity contribution in [2.45, 2.75) is 0 Å². The first-order chi connectivity index (χ1) is 25.3. The SMILES string of the molecule is c1ccc2cc3c(cc2c1)oc1c(-c2ccc4ccc5cccc6ccc2c4c56)ccc(-c2cc4c5ccccc5ccc4c4ccccc24)c13. The van der Waals surface area contributed by atoms with Crippen molar-refractivity contribution in [2.24, 2.45) is 0 Å². The van der Waals surface area contributed by atoms with Crippen LogP contribution >= 0.6 is 0 Å². The molecule has 1 heteroatoms. The van der Waals surface area contributed by atoms with E-state index in [4.69, 9.17) is 4.42 Å². The lowest BCUT2D eigenvalue weighted by molar-refractivity contribution is 0.670. The van der Waals surface area contributed by atoms with Gasteiger partial charge < -0.3 is 4.42 Å². The fraction of sp³-hybridized carbons (Fsp3) is 0. The Labute approximate surface area is 292 Å². The molecule has 11 aromatic carbocycles. The summed E-state index contributed by atoms with van der Waals surface area (Å²) in [7, 11) is 0. The molecular formula is C50H28O. The molecule has 12 aromatic rings. The van der Waals surface area contributed by atoms with E-state index in [0.717, 1.165) is 27.5 Å². The second-order valence-corrected chi connectivity index (χ2v) is 14.0. The maximum atomic E-state index is 7.07. The molecule has 0 aliphatic heterocycles. The Morgan fingerprint density at radius 2 is 0.824 bits per heavy atom. The van der Waals surface area contributed by atoms with Crippen molar-refractivity contribution in [3.63, 3.8) is 0 Å². The molecule has 0 unspecified atom stereocenters. The Hall–Kier alpha value is -6.70. The van der Waals surface area contributed by atoms with Crippen LogP contribution in [0.1, 0.15) is 0 Å². The van der Waals surface area contributed by atoms with Gasteiger partial charge in [0.15, 0.2) is 0 Å². The quantitative estimate of drug-likeness (QED) is 0.171. The predicted octanol–water partition coefficient (Wildman–Crippen LogP) is 14.4. The fourth-order valence-electron chi connectivity index (χ4n) is 9.06. The largest absolute Gasteiger partial charge is 0.455 e. The highest BCUT2D eigenvalue weighted by Gasteiger charge is 2.22. The number of furan rings is 1. The molecule has 0 aliphatic rings. The molecule has 1 aromatic heterocycles. The lowest BCUT2D eigenvalue weighted by Crippen LogP contribution is -1.90. The van der Waals surface area contributed by atoms with E-state index in [1.165, 1.54) is 92.1 Å². The number of fused-ring (bicyclic) bond motifs is 9. The van der Waals surface area contributed by atoms with Crippen molar-refractivity contribution in [2.75, 3.05) is 0 Å². The van der Waals surface area contributed by atoms with Gasteiger partial charge in [0.25, 0.3) is 0 Å². The van der Waals surface area contributed by atoms with Crippen LogP contribution < -0.4 is 0 Å². The lowest BCUT2D eigenvalue weighted by atomic mass is 9.86. The highest BCUT2D eigenvalue weighted by molar-refractivity contribution is 6.29. The standard InChI is InChI=1S/C50H28O/c1-2-10-34-27-46-45(26-33(34)9-1)49-41(44-28-43-35-13-4-3-8-29(35)18-21-38(43)36-14-5-6-15-37(36)44)24-25-42(50(49)51-46)39-22-19-32-17-16-30-11-7-12-31-20-23-40(39)48(32)47(30)31/h1-28H. The highest BCUT2D eigenvalue weighted by Crippen LogP contribution is 2.48. The molecule has 0 bridgehead atoms. The Morgan fingerprint density at radius 3 is 1.67 bits per heavy atom. The van der Waals surface area contributed by atoms with Crippen molar-refractivity contribution >= 4 is 97.3 Å². The van der Waals surface area contributed by atoms with Gasteiger partial charge in [0.1, 0.15) is 11.2 Å². The van der Waals surface area contributed by atoms with E-state index < -0.39 is 0 Å². The van der Waals surface area contributed by atoms with E-state index in [1.54, 1.807) is 0 Å². The number of hydrogen-bond donors (Lipinski definition) is 0. The molecular weight excluding hydrogens is 617 g/mol. The Kier molecular flexibility index (Phi) is 5.29. The van der Waals surface area contributed by atoms with Gasteiger partial charge in [0.05, 0.1) is 0 Å². The van der Waals surface area contributed by atoms with Crippen LogP contribution in [-0.4, -0.2) is 0 Å². The first kappa shape index (κ1) is 27.2. The van der Waals surface area contributed by atoms with Crippen molar-refractivity contribution < 1.29 is 4.42 Å². The first-order valence-corrected chi connectivity index (χ1v) is 17.7. The van der Waals surface area contributed by atoms with Gasteiger partial charge in [-0.25, -0.2) is 0 Å². The zero-order chi connectivity index (χ0) is 33.2. The van der Waals surface area contributed by atoms with E-state index >= 15 is 0 Å². The highest BCUT2D eigenvalue weighted by atomic mass is 16.3. The van der Waals surface area contributed by atoms with Crippen molar-refractivity contribution in [3.8, 4) is 22.3 Å².